The van der Waals surface area contributed by atoms with Gasteiger partial charge in [-0.25, -0.2) is 8.42 Å². The Morgan fingerprint density at radius 3 is 2.00 bits per heavy atom. The largest absolute Gasteiger partial charge is 0.337 e. The number of carbonyl (C=O) groups excluding carboxylic acids is 1. The van der Waals surface area contributed by atoms with Crippen molar-refractivity contribution in [1.29, 1.82) is 0 Å². The maximum atomic E-state index is 12.9. The zero-order chi connectivity index (χ0) is 19.2. The Balaban J connectivity index is 1.34. The van der Waals surface area contributed by atoms with Crippen LogP contribution in [0.3, 0.4) is 0 Å². The van der Waals surface area contributed by atoms with Gasteiger partial charge in [0.2, 0.25) is 5.91 Å². The number of hydrogen-bond donors (Lipinski definition) is 0. The van der Waals surface area contributed by atoms with Gasteiger partial charge < -0.3 is 4.90 Å². The zero-order valence-corrected chi connectivity index (χ0v) is 17.6. The second-order valence-corrected chi connectivity index (χ2v) is 12.1. The summed E-state index contributed by atoms with van der Waals surface area (Å²) >= 11 is 0. The van der Waals surface area contributed by atoms with Gasteiger partial charge in [0.1, 0.15) is 9.84 Å². The fourth-order valence-corrected chi connectivity index (χ4v) is 7.10. The third-order valence-corrected chi connectivity index (χ3v) is 8.60. The lowest BCUT2D eigenvalue weighted by atomic mass is 9.48. The van der Waals surface area contributed by atoms with Gasteiger partial charge in [-0.1, -0.05) is 5.57 Å². The fraction of sp³-hybridized carbons (Fsp3) is 0.857. The predicted molar refractivity (Wildman–Crippen MR) is 107 cm³/mol. The molecule has 0 radical (unpaired) electrons. The molecule has 4 bridgehead atoms. The molecule has 5 fully saturated rings. The van der Waals surface area contributed by atoms with Crippen LogP contribution in [0.5, 0.6) is 0 Å². The number of sulfone groups is 1. The first-order valence-electron chi connectivity index (χ1n) is 10.6. The van der Waals surface area contributed by atoms with Gasteiger partial charge in [0.15, 0.2) is 0 Å². The van der Waals surface area contributed by atoms with Gasteiger partial charge in [-0.2, -0.15) is 0 Å². The number of piperazine rings is 1. The van der Waals surface area contributed by atoms with E-state index in [0.29, 0.717) is 25.0 Å². The summed E-state index contributed by atoms with van der Waals surface area (Å²) in [5, 5.41) is 0. The molecule has 5 rings (SSSR count). The van der Waals surface area contributed by atoms with Crippen LogP contribution in [0.1, 0.15) is 45.4 Å². The minimum absolute atomic E-state index is 0.158. The van der Waals surface area contributed by atoms with Crippen LogP contribution in [-0.2, 0) is 14.6 Å². The molecule has 0 spiro atoms. The van der Waals surface area contributed by atoms with Crippen molar-refractivity contribution in [3.8, 4) is 0 Å². The maximum absolute atomic E-state index is 12.9. The Morgan fingerprint density at radius 1 is 1.00 bits per heavy atom. The van der Waals surface area contributed by atoms with Crippen LogP contribution in [0, 0.1) is 23.2 Å². The highest BCUT2D eigenvalue weighted by molar-refractivity contribution is 7.90. The molecule has 4 aliphatic carbocycles. The maximum Gasteiger partial charge on any atom is 0.246 e. The summed E-state index contributed by atoms with van der Waals surface area (Å²) in [7, 11) is -2.92. The van der Waals surface area contributed by atoms with E-state index in [4.69, 9.17) is 0 Å². The number of amides is 1. The molecule has 5 aliphatic rings. The molecule has 152 valence electrons. The summed E-state index contributed by atoms with van der Waals surface area (Å²) in [5.74, 6) is 3.05. The Hall–Kier alpha value is -0.880. The first-order valence-corrected chi connectivity index (χ1v) is 12.7. The molecule has 5 nitrogen and oxygen atoms in total. The van der Waals surface area contributed by atoms with Crippen molar-refractivity contribution < 1.29 is 13.2 Å². The van der Waals surface area contributed by atoms with Crippen molar-refractivity contribution in [2.45, 2.75) is 45.4 Å². The van der Waals surface area contributed by atoms with Crippen molar-refractivity contribution in [2.24, 2.45) is 23.2 Å². The molecule has 27 heavy (non-hydrogen) atoms. The summed E-state index contributed by atoms with van der Waals surface area (Å²) in [6, 6.07) is 0. The second-order valence-electron chi connectivity index (χ2n) is 9.82. The van der Waals surface area contributed by atoms with Crippen molar-refractivity contribution in [1.82, 2.24) is 9.80 Å². The number of carbonyl (C=O) groups is 1. The average Bonchev–Trinajstić information content (AvgIpc) is 2.58. The Kier molecular flexibility index (Phi) is 5.17. The number of rotatable bonds is 5. The number of allylic oxidation sites excluding steroid dienone is 1. The van der Waals surface area contributed by atoms with Crippen LogP contribution in [-0.4, -0.2) is 68.9 Å². The van der Waals surface area contributed by atoms with Crippen molar-refractivity contribution in [3.05, 3.63) is 11.6 Å². The lowest BCUT2D eigenvalue weighted by Crippen LogP contribution is -2.50. The van der Waals surface area contributed by atoms with Gasteiger partial charge in [0.25, 0.3) is 0 Å². The van der Waals surface area contributed by atoms with Crippen molar-refractivity contribution >= 4 is 15.7 Å². The summed E-state index contributed by atoms with van der Waals surface area (Å²) in [6.07, 6.45) is 11.4. The lowest BCUT2D eigenvalue weighted by Gasteiger charge is -2.57. The molecule has 6 heteroatoms. The summed E-state index contributed by atoms with van der Waals surface area (Å²) < 4.78 is 22.7. The molecule has 1 heterocycles. The summed E-state index contributed by atoms with van der Waals surface area (Å²) in [6.45, 7) is 5.72. The van der Waals surface area contributed by atoms with Crippen LogP contribution in [0.2, 0.25) is 0 Å². The van der Waals surface area contributed by atoms with Crippen molar-refractivity contribution in [3.63, 3.8) is 0 Å². The molecule has 0 N–H and O–H groups in total. The highest BCUT2D eigenvalue weighted by atomic mass is 32.2. The van der Waals surface area contributed by atoms with E-state index in [1.54, 1.807) is 0 Å². The SMILES string of the molecule is C/C(=C\C(=O)N1CCN(CCS(C)(=O)=O)CC1)C12CC3CC(CC(C3)C1)C2. The van der Waals surface area contributed by atoms with E-state index >= 15 is 0 Å². The second kappa shape index (κ2) is 7.18. The Labute approximate surface area is 164 Å². The predicted octanol–water partition coefficient (Wildman–Crippen LogP) is 2.34. The van der Waals surface area contributed by atoms with Gasteiger partial charge in [0, 0.05) is 45.1 Å². The molecular formula is C21H34N2O3S. The van der Waals surface area contributed by atoms with Gasteiger partial charge in [-0.05, 0) is 68.6 Å². The smallest absolute Gasteiger partial charge is 0.246 e. The molecular weight excluding hydrogens is 360 g/mol. The van der Waals surface area contributed by atoms with Crippen LogP contribution in [0.4, 0.5) is 0 Å². The van der Waals surface area contributed by atoms with Gasteiger partial charge in [-0.3, -0.25) is 9.69 Å². The van der Waals surface area contributed by atoms with Crippen LogP contribution >= 0.6 is 0 Å². The molecule has 0 atom stereocenters. The van der Waals surface area contributed by atoms with E-state index in [2.05, 4.69) is 11.8 Å². The monoisotopic (exact) mass is 394 g/mol. The number of nitrogens with zero attached hydrogens (tertiary/aromatic N) is 2. The average molecular weight is 395 g/mol. The normalized spacial score (nSPS) is 37.0. The van der Waals surface area contributed by atoms with Crippen molar-refractivity contribution in [2.75, 3.05) is 44.7 Å². The fourth-order valence-electron chi connectivity index (χ4n) is 6.51. The van der Waals surface area contributed by atoms with Crippen LogP contribution in [0.15, 0.2) is 11.6 Å². The minimum Gasteiger partial charge on any atom is -0.337 e. The van der Waals surface area contributed by atoms with E-state index in [-0.39, 0.29) is 11.7 Å². The summed E-state index contributed by atoms with van der Waals surface area (Å²) in [5.41, 5.74) is 1.63. The van der Waals surface area contributed by atoms with Crippen LogP contribution < -0.4 is 0 Å². The van der Waals surface area contributed by atoms with Crippen LogP contribution in [0.25, 0.3) is 0 Å². The van der Waals surface area contributed by atoms with E-state index in [9.17, 15) is 13.2 Å². The first kappa shape index (κ1) is 19.4. The Morgan fingerprint density at radius 2 is 1.52 bits per heavy atom. The van der Waals surface area contributed by atoms with Gasteiger partial charge in [-0.15, -0.1) is 0 Å². The molecule has 0 unspecified atom stereocenters. The summed E-state index contributed by atoms with van der Waals surface area (Å²) in [4.78, 5) is 17.0. The lowest BCUT2D eigenvalue weighted by molar-refractivity contribution is -0.127. The minimum atomic E-state index is -2.92. The zero-order valence-electron chi connectivity index (χ0n) is 16.8. The molecule has 1 saturated heterocycles. The standard InChI is InChI=1S/C21H34N2O3S/c1-16(21-13-17-10-18(14-21)12-19(11-17)15-21)9-20(24)23-5-3-22(4-6-23)7-8-27(2,25)26/h9,17-19H,3-8,10-15H2,1-2H3/b16-9+. The quantitative estimate of drug-likeness (QED) is 0.672. The van der Waals surface area contributed by atoms with E-state index in [0.717, 1.165) is 30.8 Å². The van der Waals surface area contributed by atoms with E-state index in [1.165, 1.54) is 50.4 Å². The molecule has 1 amide bonds. The van der Waals surface area contributed by atoms with E-state index in [1.807, 2.05) is 11.0 Å². The molecule has 0 aromatic carbocycles. The van der Waals surface area contributed by atoms with Gasteiger partial charge >= 0.3 is 0 Å². The number of hydrogen-bond acceptors (Lipinski definition) is 4. The molecule has 0 aromatic rings. The first-order chi connectivity index (χ1) is 12.7. The highest BCUT2D eigenvalue weighted by Gasteiger charge is 2.51. The Bertz CT molecular complexity index is 684. The molecule has 0 aromatic heterocycles. The topological polar surface area (TPSA) is 57.7 Å². The molecule has 4 saturated carbocycles. The third kappa shape index (κ3) is 4.26. The van der Waals surface area contributed by atoms with E-state index < -0.39 is 9.84 Å². The third-order valence-electron chi connectivity index (χ3n) is 7.68. The highest BCUT2D eigenvalue weighted by Crippen LogP contribution is 2.62. The molecule has 1 aliphatic heterocycles. The van der Waals surface area contributed by atoms with Gasteiger partial charge in [0.05, 0.1) is 5.75 Å².